The first-order valence-electron chi connectivity index (χ1n) is 5.95. The van der Waals surface area contributed by atoms with E-state index in [9.17, 15) is 4.79 Å². The summed E-state index contributed by atoms with van der Waals surface area (Å²) in [5, 5.41) is 3.86. The summed E-state index contributed by atoms with van der Waals surface area (Å²) in [6.07, 6.45) is 3.56. The highest BCUT2D eigenvalue weighted by atomic mass is 79.9. The van der Waals surface area contributed by atoms with Gasteiger partial charge in [0.2, 0.25) is 0 Å². The van der Waals surface area contributed by atoms with Crippen LogP contribution in [0.2, 0.25) is 10.0 Å². The molecule has 0 radical (unpaired) electrons. The molecule has 0 aliphatic heterocycles. The molecule has 0 spiro atoms. The quantitative estimate of drug-likeness (QED) is 0.809. The van der Waals surface area contributed by atoms with Crippen LogP contribution in [0.25, 0.3) is 0 Å². The number of halogens is 3. The normalized spacial score (nSPS) is 23.1. The molecule has 1 N–H and O–H groups in total. The molecule has 2 atom stereocenters. The number of benzene rings is 1. The number of nitrogens with one attached hydrogen (secondary N) is 1. The molecular weight excluding hydrogens is 337 g/mol. The first-order chi connectivity index (χ1) is 8.58. The van der Waals surface area contributed by atoms with Gasteiger partial charge in [0, 0.05) is 16.4 Å². The van der Waals surface area contributed by atoms with Gasteiger partial charge in [-0.05, 0) is 37.0 Å². The summed E-state index contributed by atoms with van der Waals surface area (Å²) >= 11 is 15.4. The van der Waals surface area contributed by atoms with Crippen molar-refractivity contribution in [2.45, 2.75) is 24.1 Å². The molecule has 0 aromatic heterocycles. The molecule has 18 heavy (non-hydrogen) atoms. The second kappa shape index (κ2) is 6.27. The van der Waals surface area contributed by atoms with E-state index in [-0.39, 0.29) is 5.91 Å². The molecule has 0 bridgehead atoms. The van der Waals surface area contributed by atoms with Crippen LogP contribution < -0.4 is 5.32 Å². The number of rotatable bonds is 3. The Morgan fingerprint density at radius 3 is 2.78 bits per heavy atom. The maximum absolute atomic E-state index is 12.0. The summed E-state index contributed by atoms with van der Waals surface area (Å²) in [6.45, 7) is 0.688. The molecule has 1 aliphatic carbocycles. The molecule has 1 saturated carbocycles. The third kappa shape index (κ3) is 3.40. The van der Waals surface area contributed by atoms with Crippen molar-refractivity contribution in [3.05, 3.63) is 33.8 Å². The molecule has 0 heterocycles. The lowest BCUT2D eigenvalue weighted by Crippen LogP contribution is -2.31. The maximum Gasteiger partial charge on any atom is 0.252 e. The van der Waals surface area contributed by atoms with Crippen LogP contribution in [0.15, 0.2) is 18.2 Å². The topological polar surface area (TPSA) is 29.1 Å². The number of hydrogen-bond donors (Lipinski definition) is 1. The minimum Gasteiger partial charge on any atom is -0.352 e. The molecule has 98 valence electrons. The van der Waals surface area contributed by atoms with Crippen LogP contribution in [0.5, 0.6) is 0 Å². The standard InChI is InChI=1S/C13H14BrCl2NO/c14-11-3-1-2-8(11)7-17-13(18)10-5-4-9(15)6-12(10)16/h4-6,8,11H,1-3,7H2,(H,17,18). The van der Waals surface area contributed by atoms with Gasteiger partial charge in [0.25, 0.3) is 5.91 Å². The Bertz CT molecular complexity index is 453. The van der Waals surface area contributed by atoms with E-state index in [1.165, 1.54) is 12.8 Å². The van der Waals surface area contributed by atoms with Crippen molar-refractivity contribution < 1.29 is 4.79 Å². The lowest BCUT2D eigenvalue weighted by molar-refractivity contribution is 0.0948. The van der Waals surface area contributed by atoms with Gasteiger partial charge >= 0.3 is 0 Å². The number of carbonyl (C=O) groups is 1. The highest BCUT2D eigenvalue weighted by molar-refractivity contribution is 9.09. The summed E-state index contributed by atoms with van der Waals surface area (Å²) in [4.78, 5) is 12.5. The maximum atomic E-state index is 12.0. The van der Waals surface area contributed by atoms with Gasteiger partial charge in [0.1, 0.15) is 0 Å². The van der Waals surface area contributed by atoms with E-state index in [1.807, 2.05) is 0 Å². The van der Waals surface area contributed by atoms with E-state index >= 15 is 0 Å². The summed E-state index contributed by atoms with van der Waals surface area (Å²) in [7, 11) is 0. The van der Waals surface area contributed by atoms with Crippen LogP contribution in [-0.4, -0.2) is 17.3 Å². The number of amides is 1. The minimum absolute atomic E-state index is 0.136. The molecular formula is C13H14BrCl2NO. The van der Waals surface area contributed by atoms with Crippen LogP contribution in [0.1, 0.15) is 29.6 Å². The SMILES string of the molecule is O=C(NCC1CCCC1Br)c1ccc(Cl)cc1Cl. The zero-order chi connectivity index (χ0) is 13.1. The Labute approximate surface area is 125 Å². The average molecular weight is 351 g/mol. The van der Waals surface area contributed by atoms with Crippen LogP contribution >= 0.6 is 39.1 Å². The number of carbonyl (C=O) groups excluding carboxylic acids is 1. The van der Waals surface area contributed by atoms with Crippen LogP contribution in [0, 0.1) is 5.92 Å². The van der Waals surface area contributed by atoms with Gasteiger partial charge in [-0.25, -0.2) is 0 Å². The van der Waals surface area contributed by atoms with Crippen molar-refractivity contribution in [3.63, 3.8) is 0 Å². The van der Waals surface area contributed by atoms with Gasteiger partial charge in [0.15, 0.2) is 0 Å². The van der Waals surface area contributed by atoms with Crippen molar-refractivity contribution in [2.24, 2.45) is 5.92 Å². The molecule has 0 saturated heterocycles. The van der Waals surface area contributed by atoms with Crippen molar-refractivity contribution in [3.8, 4) is 0 Å². The predicted octanol–water partition coefficient (Wildman–Crippen LogP) is 4.29. The smallest absolute Gasteiger partial charge is 0.252 e. The Morgan fingerprint density at radius 2 is 2.17 bits per heavy atom. The van der Waals surface area contributed by atoms with Crippen molar-refractivity contribution in [2.75, 3.05) is 6.54 Å². The van der Waals surface area contributed by atoms with Crippen molar-refractivity contribution >= 4 is 45.0 Å². The van der Waals surface area contributed by atoms with Gasteiger partial charge in [-0.2, -0.15) is 0 Å². The average Bonchev–Trinajstić information content (AvgIpc) is 2.72. The number of hydrogen-bond acceptors (Lipinski definition) is 1. The minimum atomic E-state index is -0.136. The largest absolute Gasteiger partial charge is 0.352 e. The fraction of sp³-hybridized carbons (Fsp3) is 0.462. The van der Waals surface area contributed by atoms with Gasteiger partial charge < -0.3 is 5.32 Å². The van der Waals surface area contributed by atoms with Gasteiger partial charge in [-0.1, -0.05) is 45.6 Å². The number of alkyl halides is 1. The van der Waals surface area contributed by atoms with Crippen molar-refractivity contribution in [1.29, 1.82) is 0 Å². The van der Waals surface area contributed by atoms with Crippen molar-refractivity contribution in [1.82, 2.24) is 5.32 Å². The molecule has 1 aromatic rings. The molecule has 2 rings (SSSR count). The summed E-state index contributed by atoms with van der Waals surface area (Å²) in [5.74, 6) is 0.378. The third-order valence-corrected chi connectivity index (χ3v) is 5.02. The molecule has 2 nitrogen and oxygen atoms in total. The van der Waals surface area contributed by atoms with Gasteiger partial charge in [-0.15, -0.1) is 0 Å². The van der Waals surface area contributed by atoms with E-state index in [0.29, 0.717) is 32.9 Å². The highest BCUT2D eigenvalue weighted by Gasteiger charge is 2.25. The Hall–Kier alpha value is -0.250. The summed E-state index contributed by atoms with van der Waals surface area (Å²) < 4.78 is 0. The Kier molecular flexibility index (Phi) is 4.93. The lowest BCUT2D eigenvalue weighted by atomic mass is 10.1. The monoisotopic (exact) mass is 349 g/mol. The summed E-state index contributed by atoms with van der Waals surface area (Å²) in [6, 6.07) is 4.91. The first-order valence-corrected chi connectivity index (χ1v) is 7.62. The highest BCUT2D eigenvalue weighted by Crippen LogP contribution is 2.31. The Morgan fingerprint density at radius 1 is 1.39 bits per heavy atom. The van der Waals surface area contributed by atoms with Gasteiger partial charge in [-0.3, -0.25) is 4.79 Å². The lowest BCUT2D eigenvalue weighted by Gasteiger charge is -2.15. The van der Waals surface area contributed by atoms with E-state index < -0.39 is 0 Å². The van der Waals surface area contributed by atoms with E-state index in [1.54, 1.807) is 18.2 Å². The molecule has 2 unspecified atom stereocenters. The van der Waals surface area contributed by atoms with E-state index in [4.69, 9.17) is 23.2 Å². The summed E-state index contributed by atoms with van der Waals surface area (Å²) in [5.41, 5.74) is 0.477. The first kappa shape index (κ1) is 14.2. The van der Waals surface area contributed by atoms with E-state index in [2.05, 4.69) is 21.2 Å². The second-order valence-corrected chi connectivity index (χ2v) is 6.56. The van der Waals surface area contributed by atoms with E-state index in [0.717, 1.165) is 6.42 Å². The van der Waals surface area contributed by atoms with Crippen LogP contribution in [0.4, 0.5) is 0 Å². The van der Waals surface area contributed by atoms with Crippen LogP contribution in [0.3, 0.4) is 0 Å². The molecule has 1 fully saturated rings. The molecule has 1 aromatic carbocycles. The fourth-order valence-corrected chi connectivity index (χ4v) is 3.48. The van der Waals surface area contributed by atoms with Gasteiger partial charge in [0.05, 0.1) is 10.6 Å². The third-order valence-electron chi connectivity index (χ3n) is 3.27. The zero-order valence-corrected chi connectivity index (χ0v) is 12.9. The predicted molar refractivity (Wildman–Crippen MR) is 78.9 cm³/mol. The second-order valence-electron chi connectivity index (χ2n) is 4.54. The van der Waals surface area contributed by atoms with Crippen LogP contribution in [-0.2, 0) is 0 Å². The molecule has 1 amide bonds. The zero-order valence-electron chi connectivity index (χ0n) is 9.76. The molecule has 1 aliphatic rings. The Balaban J connectivity index is 1.95. The molecule has 5 heteroatoms. The fourth-order valence-electron chi connectivity index (χ4n) is 2.21.